The standard InChI is InChI=1S/C15H20N4O/c20-15(18-10-6-2-1-3-7-11-18)12-19-14-9-5-4-8-13(14)16-17-19/h4-5,8-9H,1-3,6-7,10-12H2. The number of likely N-dealkylation sites (tertiary alicyclic amines) is 1. The lowest BCUT2D eigenvalue weighted by molar-refractivity contribution is -0.132. The average molecular weight is 272 g/mol. The zero-order valence-electron chi connectivity index (χ0n) is 11.7. The van der Waals surface area contributed by atoms with E-state index in [9.17, 15) is 4.79 Å². The first-order valence-electron chi connectivity index (χ1n) is 7.40. The summed E-state index contributed by atoms with van der Waals surface area (Å²) in [7, 11) is 0. The summed E-state index contributed by atoms with van der Waals surface area (Å²) < 4.78 is 1.70. The third kappa shape index (κ3) is 2.81. The normalized spacial score (nSPS) is 16.9. The lowest BCUT2D eigenvalue weighted by Gasteiger charge is -2.24. The summed E-state index contributed by atoms with van der Waals surface area (Å²) in [6.07, 6.45) is 6.00. The van der Waals surface area contributed by atoms with Gasteiger partial charge in [0.15, 0.2) is 0 Å². The zero-order chi connectivity index (χ0) is 13.8. The van der Waals surface area contributed by atoms with Crippen LogP contribution in [0.25, 0.3) is 11.0 Å². The highest BCUT2D eigenvalue weighted by atomic mass is 16.2. The SMILES string of the molecule is O=C(Cn1nnc2ccccc21)N1CCCCCCC1. The van der Waals surface area contributed by atoms with Gasteiger partial charge in [-0.3, -0.25) is 4.79 Å². The minimum absolute atomic E-state index is 0.155. The van der Waals surface area contributed by atoms with Gasteiger partial charge in [0.1, 0.15) is 12.1 Å². The van der Waals surface area contributed by atoms with Crippen molar-refractivity contribution in [2.75, 3.05) is 13.1 Å². The topological polar surface area (TPSA) is 51.0 Å². The predicted molar refractivity (Wildman–Crippen MR) is 77.2 cm³/mol. The fourth-order valence-electron chi connectivity index (χ4n) is 2.76. The van der Waals surface area contributed by atoms with Gasteiger partial charge in [-0.15, -0.1) is 5.10 Å². The molecule has 1 saturated heterocycles. The van der Waals surface area contributed by atoms with Crippen molar-refractivity contribution in [3.8, 4) is 0 Å². The first-order chi connectivity index (χ1) is 9.84. The molecule has 1 aromatic carbocycles. The van der Waals surface area contributed by atoms with E-state index in [2.05, 4.69) is 10.3 Å². The van der Waals surface area contributed by atoms with E-state index in [1.807, 2.05) is 29.2 Å². The number of carbonyl (C=O) groups is 1. The van der Waals surface area contributed by atoms with Gasteiger partial charge in [-0.2, -0.15) is 0 Å². The summed E-state index contributed by atoms with van der Waals surface area (Å²) in [5.74, 6) is 0.155. The third-order valence-corrected chi connectivity index (χ3v) is 3.91. The molecule has 2 aromatic rings. The lowest BCUT2D eigenvalue weighted by atomic mass is 10.1. The van der Waals surface area contributed by atoms with Crippen molar-refractivity contribution >= 4 is 16.9 Å². The molecule has 1 aliphatic heterocycles. The molecule has 0 radical (unpaired) electrons. The summed E-state index contributed by atoms with van der Waals surface area (Å²) in [4.78, 5) is 14.4. The van der Waals surface area contributed by atoms with Crippen LogP contribution in [0, 0.1) is 0 Å². The quantitative estimate of drug-likeness (QED) is 0.842. The van der Waals surface area contributed by atoms with Gasteiger partial charge >= 0.3 is 0 Å². The highest BCUT2D eigenvalue weighted by Gasteiger charge is 2.16. The van der Waals surface area contributed by atoms with E-state index in [1.165, 1.54) is 19.3 Å². The predicted octanol–water partition coefficient (Wildman–Crippen LogP) is 2.22. The fraction of sp³-hybridized carbons (Fsp3) is 0.533. The Balaban J connectivity index is 1.71. The van der Waals surface area contributed by atoms with Crippen molar-refractivity contribution in [2.24, 2.45) is 0 Å². The minimum Gasteiger partial charge on any atom is -0.341 e. The van der Waals surface area contributed by atoms with Crippen LogP contribution < -0.4 is 0 Å². The second-order valence-corrected chi connectivity index (χ2v) is 5.38. The van der Waals surface area contributed by atoms with Crippen molar-refractivity contribution in [3.63, 3.8) is 0 Å². The number of amides is 1. The molecule has 0 aliphatic carbocycles. The van der Waals surface area contributed by atoms with E-state index in [4.69, 9.17) is 0 Å². The second-order valence-electron chi connectivity index (χ2n) is 5.38. The Bertz CT molecular complexity index is 584. The van der Waals surface area contributed by atoms with E-state index >= 15 is 0 Å². The highest BCUT2D eigenvalue weighted by Crippen LogP contribution is 2.13. The Labute approximate surface area is 118 Å². The molecule has 0 atom stereocenters. The average Bonchev–Trinajstić information content (AvgIpc) is 2.82. The molecule has 106 valence electrons. The van der Waals surface area contributed by atoms with Gasteiger partial charge < -0.3 is 4.90 Å². The number of carbonyl (C=O) groups excluding carboxylic acids is 1. The Kier molecular flexibility index (Phi) is 3.95. The molecule has 20 heavy (non-hydrogen) atoms. The van der Waals surface area contributed by atoms with Crippen molar-refractivity contribution in [2.45, 2.75) is 38.6 Å². The van der Waals surface area contributed by atoms with Crippen LogP contribution in [0.1, 0.15) is 32.1 Å². The van der Waals surface area contributed by atoms with E-state index in [0.29, 0.717) is 6.54 Å². The summed E-state index contributed by atoms with van der Waals surface area (Å²) in [5.41, 5.74) is 1.76. The van der Waals surface area contributed by atoms with Crippen molar-refractivity contribution in [1.82, 2.24) is 19.9 Å². The molecule has 3 rings (SSSR count). The molecule has 1 amide bonds. The first-order valence-corrected chi connectivity index (χ1v) is 7.40. The number of benzene rings is 1. The van der Waals surface area contributed by atoms with Crippen LogP contribution >= 0.6 is 0 Å². The molecule has 5 nitrogen and oxygen atoms in total. The van der Waals surface area contributed by atoms with Crippen molar-refractivity contribution in [3.05, 3.63) is 24.3 Å². The molecule has 0 spiro atoms. The van der Waals surface area contributed by atoms with Gasteiger partial charge in [0, 0.05) is 13.1 Å². The molecule has 1 fully saturated rings. The number of hydrogen-bond donors (Lipinski definition) is 0. The number of aromatic nitrogens is 3. The number of para-hydroxylation sites is 1. The van der Waals surface area contributed by atoms with Crippen molar-refractivity contribution in [1.29, 1.82) is 0 Å². The summed E-state index contributed by atoms with van der Waals surface area (Å²) >= 11 is 0. The lowest BCUT2D eigenvalue weighted by Crippen LogP contribution is -2.36. The van der Waals surface area contributed by atoms with E-state index in [1.54, 1.807) is 4.68 Å². The van der Waals surface area contributed by atoms with Crippen molar-refractivity contribution < 1.29 is 4.79 Å². The molecule has 0 saturated carbocycles. The second kappa shape index (κ2) is 6.03. The number of nitrogens with zero attached hydrogens (tertiary/aromatic N) is 4. The Morgan fingerprint density at radius 1 is 1.05 bits per heavy atom. The fourth-order valence-corrected chi connectivity index (χ4v) is 2.76. The smallest absolute Gasteiger partial charge is 0.244 e. The molecule has 1 aromatic heterocycles. The van der Waals surface area contributed by atoms with Crippen LogP contribution in [0.4, 0.5) is 0 Å². The van der Waals surface area contributed by atoms with Crippen LogP contribution in [0.15, 0.2) is 24.3 Å². The maximum atomic E-state index is 12.4. The van der Waals surface area contributed by atoms with Crippen LogP contribution in [0.2, 0.25) is 0 Å². The summed E-state index contributed by atoms with van der Waals surface area (Å²) in [6, 6.07) is 7.75. The molecule has 1 aliphatic rings. The summed E-state index contributed by atoms with van der Waals surface area (Å²) in [5, 5.41) is 8.18. The van der Waals surface area contributed by atoms with E-state index in [-0.39, 0.29) is 5.91 Å². The van der Waals surface area contributed by atoms with Crippen LogP contribution in [-0.4, -0.2) is 38.9 Å². The van der Waals surface area contributed by atoms with Gasteiger partial charge in [-0.1, -0.05) is 36.6 Å². The molecular weight excluding hydrogens is 252 g/mol. The zero-order valence-corrected chi connectivity index (χ0v) is 11.7. The van der Waals surface area contributed by atoms with Crippen LogP contribution in [0.3, 0.4) is 0 Å². The molecular formula is C15H20N4O. The number of rotatable bonds is 2. The Morgan fingerprint density at radius 2 is 1.75 bits per heavy atom. The van der Waals surface area contributed by atoms with Gasteiger partial charge in [-0.05, 0) is 25.0 Å². The number of hydrogen-bond acceptors (Lipinski definition) is 3. The Morgan fingerprint density at radius 3 is 2.55 bits per heavy atom. The van der Waals surface area contributed by atoms with Crippen LogP contribution in [-0.2, 0) is 11.3 Å². The molecule has 0 bridgehead atoms. The molecule has 5 heteroatoms. The van der Waals surface area contributed by atoms with Gasteiger partial charge in [0.2, 0.25) is 5.91 Å². The van der Waals surface area contributed by atoms with Gasteiger partial charge in [0.05, 0.1) is 5.52 Å². The maximum Gasteiger partial charge on any atom is 0.244 e. The largest absolute Gasteiger partial charge is 0.341 e. The van der Waals surface area contributed by atoms with Crippen LogP contribution in [0.5, 0.6) is 0 Å². The van der Waals surface area contributed by atoms with Gasteiger partial charge in [-0.25, -0.2) is 4.68 Å². The highest BCUT2D eigenvalue weighted by molar-refractivity contribution is 5.79. The summed E-state index contributed by atoms with van der Waals surface area (Å²) in [6.45, 7) is 2.05. The first kappa shape index (κ1) is 13.1. The van der Waals surface area contributed by atoms with E-state index in [0.717, 1.165) is 37.0 Å². The molecule has 0 N–H and O–H groups in total. The maximum absolute atomic E-state index is 12.4. The van der Waals surface area contributed by atoms with Gasteiger partial charge in [0.25, 0.3) is 0 Å². The Hall–Kier alpha value is -1.91. The van der Waals surface area contributed by atoms with E-state index < -0.39 is 0 Å². The molecule has 0 unspecified atom stereocenters. The third-order valence-electron chi connectivity index (χ3n) is 3.91. The monoisotopic (exact) mass is 272 g/mol. The number of fused-ring (bicyclic) bond motifs is 1. The molecule has 2 heterocycles. The minimum atomic E-state index is 0.155.